The average Bonchev–Trinajstić information content (AvgIpc) is 3.24. The molecular formula is C27H28N4O2. The van der Waals surface area contributed by atoms with E-state index in [9.17, 15) is 9.90 Å². The van der Waals surface area contributed by atoms with Crippen molar-refractivity contribution in [3.05, 3.63) is 101 Å². The fraction of sp³-hybridized carbons (Fsp3) is 0.259. The van der Waals surface area contributed by atoms with Crippen molar-refractivity contribution in [3.8, 4) is 11.3 Å². The molecule has 0 radical (unpaired) electrons. The van der Waals surface area contributed by atoms with Crippen LogP contribution >= 0.6 is 0 Å². The van der Waals surface area contributed by atoms with Crippen molar-refractivity contribution in [2.75, 3.05) is 0 Å². The number of nitrogens with zero attached hydrogens (tertiary/aromatic N) is 4. The van der Waals surface area contributed by atoms with Gasteiger partial charge in [-0.15, -0.1) is 0 Å². The van der Waals surface area contributed by atoms with Gasteiger partial charge in [0.1, 0.15) is 5.82 Å². The van der Waals surface area contributed by atoms with Crippen LogP contribution in [-0.4, -0.2) is 30.8 Å². The van der Waals surface area contributed by atoms with Crippen molar-refractivity contribution >= 4 is 5.97 Å². The minimum absolute atomic E-state index is 0.249. The molecule has 0 aliphatic carbocycles. The quantitative estimate of drug-likeness (QED) is 0.366. The number of hydrogen-bond acceptors (Lipinski definition) is 4. The maximum absolute atomic E-state index is 11.5. The highest BCUT2D eigenvalue weighted by molar-refractivity contribution is 5.95. The number of hydrogen-bond donors (Lipinski definition) is 1. The minimum Gasteiger partial charge on any atom is -0.478 e. The Morgan fingerprint density at radius 3 is 2.42 bits per heavy atom. The van der Waals surface area contributed by atoms with Crippen LogP contribution in [0.2, 0.25) is 0 Å². The van der Waals surface area contributed by atoms with Crippen molar-refractivity contribution in [3.63, 3.8) is 0 Å². The molecule has 0 saturated carbocycles. The highest BCUT2D eigenvalue weighted by atomic mass is 16.4. The van der Waals surface area contributed by atoms with Crippen LogP contribution in [0.5, 0.6) is 0 Å². The monoisotopic (exact) mass is 440 g/mol. The minimum atomic E-state index is -0.956. The lowest BCUT2D eigenvalue weighted by Crippen LogP contribution is -2.08. The lowest BCUT2D eigenvalue weighted by molar-refractivity contribution is 0.0697. The summed E-state index contributed by atoms with van der Waals surface area (Å²) in [6.45, 7) is 2.76. The van der Waals surface area contributed by atoms with Crippen LogP contribution in [0.25, 0.3) is 11.3 Å². The summed E-state index contributed by atoms with van der Waals surface area (Å²) in [5, 5.41) is 14.2. The molecule has 0 aliphatic rings. The van der Waals surface area contributed by atoms with E-state index < -0.39 is 5.97 Å². The number of carboxylic acid groups (broad SMARTS) is 1. The number of aromatic nitrogens is 4. The maximum atomic E-state index is 11.5. The van der Waals surface area contributed by atoms with E-state index in [-0.39, 0.29) is 5.56 Å². The first-order chi connectivity index (χ1) is 16.1. The third kappa shape index (κ3) is 5.71. The highest BCUT2D eigenvalue weighted by Gasteiger charge is 2.13. The zero-order valence-corrected chi connectivity index (χ0v) is 18.8. The van der Waals surface area contributed by atoms with Gasteiger partial charge in [0.25, 0.3) is 0 Å². The largest absolute Gasteiger partial charge is 0.478 e. The Hall–Kier alpha value is -3.80. The van der Waals surface area contributed by atoms with Crippen molar-refractivity contribution in [1.82, 2.24) is 19.7 Å². The van der Waals surface area contributed by atoms with Crippen LogP contribution in [0.1, 0.15) is 52.9 Å². The van der Waals surface area contributed by atoms with E-state index in [0.29, 0.717) is 17.8 Å². The smallest absolute Gasteiger partial charge is 0.336 e. The Labute approximate surface area is 194 Å². The van der Waals surface area contributed by atoms with Gasteiger partial charge in [0, 0.05) is 24.6 Å². The van der Waals surface area contributed by atoms with Gasteiger partial charge in [-0.1, -0.05) is 67.9 Å². The number of benzene rings is 2. The van der Waals surface area contributed by atoms with Crippen LogP contribution in [0.15, 0.2) is 72.9 Å². The van der Waals surface area contributed by atoms with Gasteiger partial charge < -0.3 is 5.11 Å². The Balaban J connectivity index is 1.51. The molecule has 0 atom stereocenters. The van der Waals surface area contributed by atoms with Crippen molar-refractivity contribution in [2.24, 2.45) is 0 Å². The third-order valence-electron chi connectivity index (χ3n) is 5.62. The van der Waals surface area contributed by atoms with Crippen molar-refractivity contribution in [1.29, 1.82) is 0 Å². The van der Waals surface area contributed by atoms with Crippen molar-refractivity contribution in [2.45, 2.75) is 45.6 Å². The molecule has 0 fully saturated rings. The van der Waals surface area contributed by atoms with Crippen LogP contribution in [0, 0.1) is 0 Å². The molecule has 2 aromatic carbocycles. The third-order valence-corrected chi connectivity index (χ3v) is 5.62. The fourth-order valence-electron chi connectivity index (χ4n) is 3.82. The first-order valence-corrected chi connectivity index (χ1v) is 11.4. The van der Waals surface area contributed by atoms with E-state index in [2.05, 4.69) is 36.2 Å². The second kappa shape index (κ2) is 10.7. The van der Waals surface area contributed by atoms with E-state index in [1.54, 1.807) is 24.4 Å². The van der Waals surface area contributed by atoms with Crippen LogP contribution in [0.4, 0.5) is 0 Å². The molecule has 4 aromatic rings. The summed E-state index contributed by atoms with van der Waals surface area (Å²) in [4.78, 5) is 20.9. The Bertz CT molecular complexity index is 1200. The van der Waals surface area contributed by atoms with Gasteiger partial charge in [-0.3, -0.25) is 4.98 Å². The first kappa shape index (κ1) is 22.4. The zero-order chi connectivity index (χ0) is 23.0. The van der Waals surface area contributed by atoms with E-state index in [1.807, 2.05) is 28.9 Å². The topological polar surface area (TPSA) is 80.9 Å². The standard InChI is InChI=1S/C27H28N4O2/c1-2-3-13-26-29-25(17-15-20-9-5-4-6-10-20)30-31(26)19-21-14-16-24(28-18-21)22-11-7-8-12-23(22)27(32)33/h4-12,14,16,18H,2-3,13,15,17,19H2,1H3,(H,32,33). The molecular weight excluding hydrogens is 412 g/mol. The number of rotatable bonds is 10. The Morgan fingerprint density at radius 1 is 0.909 bits per heavy atom. The molecule has 2 aromatic heterocycles. The normalized spacial score (nSPS) is 10.9. The lowest BCUT2D eigenvalue weighted by Gasteiger charge is -2.08. The Morgan fingerprint density at radius 2 is 1.70 bits per heavy atom. The number of pyridine rings is 1. The molecule has 0 bridgehead atoms. The maximum Gasteiger partial charge on any atom is 0.336 e. The van der Waals surface area contributed by atoms with E-state index >= 15 is 0 Å². The number of aromatic carboxylic acids is 1. The SMILES string of the molecule is CCCCc1nc(CCc2ccccc2)nn1Cc1ccc(-c2ccccc2C(=O)O)nc1. The summed E-state index contributed by atoms with van der Waals surface area (Å²) in [6.07, 6.45) is 6.58. The van der Waals surface area contributed by atoms with Gasteiger partial charge >= 0.3 is 5.97 Å². The molecule has 4 rings (SSSR count). The average molecular weight is 441 g/mol. The first-order valence-electron chi connectivity index (χ1n) is 11.4. The van der Waals surface area contributed by atoms with Gasteiger partial charge in [-0.25, -0.2) is 14.5 Å². The summed E-state index contributed by atoms with van der Waals surface area (Å²) in [5.74, 6) is 0.910. The van der Waals surface area contributed by atoms with Gasteiger partial charge in [0.2, 0.25) is 0 Å². The van der Waals surface area contributed by atoms with Crippen LogP contribution in [-0.2, 0) is 25.8 Å². The number of carboxylic acids is 1. The van der Waals surface area contributed by atoms with Gasteiger partial charge in [0.15, 0.2) is 5.82 Å². The van der Waals surface area contributed by atoms with Crippen LogP contribution in [0.3, 0.4) is 0 Å². The fourth-order valence-corrected chi connectivity index (χ4v) is 3.82. The van der Waals surface area contributed by atoms with E-state index in [0.717, 1.165) is 49.3 Å². The summed E-state index contributed by atoms with van der Waals surface area (Å²) < 4.78 is 1.98. The molecule has 6 heteroatoms. The summed E-state index contributed by atoms with van der Waals surface area (Å²) >= 11 is 0. The number of unbranched alkanes of at least 4 members (excludes halogenated alkanes) is 1. The molecule has 0 amide bonds. The highest BCUT2D eigenvalue weighted by Crippen LogP contribution is 2.22. The van der Waals surface area contributed by atoms with E-state index in [4.69, 9.17) is 10.1 Å². The second-order valence-electron chi connectivity index (χ2n) is 8.09. The van der Waals surface area contributed by atoms with E-state index in [1.165, 1.54) is 5.56 Å². The summed E-state index contributed by atoms with van der Waals surface area (Å²) in [7, 11) is 0. The summed E-state index contributed by atoms with van der Waals surface area (Å²) in [5.41, 5.74) is 3.79. The van der Waals surface area contributed by atoms with Gasteiger partial charge in [-0.05, 0) is 36.1 Å². The van der Waals surface area contributed by atoms with Gasteiger partial charge in [-0.2, -0.15) is 5.10 Å². The predicted molar refractivity (Wildman–Crippen MR) is 128 cm³/mol. The molecule has 0 aliphatic heterocycles. The molecule has 6 nitrogen and oxygen atoms in total. The summed E-state index contributed by atoms with van der Waals surface area (Å²) in [6, 6.07) is 21.2. The molecule has 0 unspecified atom stereocenters. The molecule has 33 heavy (non-hydrogen) atoms. The number of aryl methyl sites for hydroxylation is 3. The Kier molecular flexibility index (Phi) is 7.25. The lowest BCUT2D eigenvalue weighted by atomic mass is 10.0. The number of carbonyl (C=O) groups is 1. The van der Waals surface area contributed by atoms with Crippen LogP contribution < -0.4 is 0 Å². The predicted octanol–water partition coefficient (Wildman–Crippen LogP) is 5.21. The molecule has 1 N–H and O–H groups in total. The molecule has 2 heterocycles. The molecule has 0 spiro atoms. The van der Waals surface area contributed by atoms with Gasteiger partial charge in [0.05, 0.1) is 17.8 Å². The zero-order valence-electron chi connectivity index (χ0n) is 18.8. The second-order valence-corrected chi connectivity index (χ2v) is 8.09. The van der Waals surface area contributed by atoms with Crippen molar-refractivity contribution < 1.29 is 9.90 Å². The molecule has 0 saturated heterocycles. The molecule has 168 valence electrons.